The van der Waals surface area contributed by atoms with Crippen molar-refractivity contribution in [2.75, 3.05) is 0 Å². The normalized spacial score (nSPS) is 20.3. The number of fused-ring (bicyclic) bond motifs is 4. The van der Waals surface area contributed by atoms with Crippen LogP contribution in [-0.4, -0.2) is 13.3 Å². The SMILES string of the molecule is C[SiH2][Zr]([CH3])([CH3])([CH2]CCCC[CH2][Zr]([CH3])([CH3])([SiH2]C)([CH]1C(C)=Cc2c(-c3ccccc3)cccc21)[CH]1C(C)=Cc2c(-c3ccccc3)cccc21)([CH]1C(C)=Cc2c(-c3ccccc3)cccc21)[CH]1C(C)=Cc2c(-c3ccccc3)cccc21. The Morgan fingerprint density at radius 3 is 0.725 bits per heavy atom. The molecule has 0 saturated heterocycles. The van der Waals surface area contributed by atoms with Crippen LogP contribution in [-0.2, 0) is 32.9 Å². The van der Waals surface area contributed by atoms with E-state index in [4.69, 9.17) is 0 Å². The summed E-state index contributed by atoms with van der Waals surface area (Å²) in [6, 6.07) is 74.4. The summed E-state index contributed by atoms with van der Waals surface area (Å²) < 4.78 is 16.9. The van der Waals surface area contributed by atoms with E-state index < -0.39 is 46.2 Å². The molecule has 4 atom stereocenters. The molecule has 0 amide bonds. The molecular formula is C76H86Si2Zr2. The van der Waals surface area contributed by atoms with Gasteiger partial charge in [-0.25, -0.2) is 0 Å². The first kappa shape index (κ1) is 55.5. The third-order valence-electron chi connectivity index (χ3n) is 23.8. The molecule has 4 unspecified atom stereocenters. The molecule has 0 N–H and O–H groups in total. The molecule has 0 aromatic heterocycles. The maximum atomic E-state index is 3.05. The van der Waals surface area contributed by atoms with Gasteiger partial charge < -0.3 is 0 Å². The van der Waals surface area contributed by atoms with E-state index in [0.717, 1.165) is 0 Å². The van der Waals surface area contributed by atoms with Crippen LogP contribution in [0.4, 0.5) is 0 Å². The first-order chi connectivity index (χ1) is 38.4. The zero-order valence-electron chi connectivity index (χ0n) is 49.8. The Morgan fingerprint density at radius 2 is 0.512 bits per heavy atom. The molecule has 4 heteroatoms. The average Bonchev–Trinajstić information content (AvgIpc) is 2.75. The van der Waals surface area contributed by atoms with Crippen molar-refractivity contribution in [3.63, 3.8) is 0 Å². The quantitative estimate of drug-likeness (QED) is 0.0630. The summed E-state index contributed by atoms with van der Waals surface area (Å²) in [6.07, 6.45) is 15.8. The monoisotopic (exact) mass is 1230 g/mol. The van der Waals surface area contributed by atoms with Crippen molar-refractivity contribution in [2.45, 2.75) is 108 Å². The summed E-state index contributed by atoms with van der Waals surface area (Å²) in [5, 5.41) is 0. The van der Waals surface area contributed by atoms with E-state index in [1.807, 2.05) is 0 Å². The van der Waals surface area contributed by atoms with Gasteiger partial charge in [-0.15, -0.1) is 0 Å². The van der Waals surface area contributed by atoms with Crippen LogP contribution in [0.3, 0.4) is 0 Å². The fourth-order valence-electron chi connectivity index (χ4n) is 19.9. The molecule has 8 aromatic carbocycles. The molecule has 4 aliphatic rings. The van der Waals surface area contributed by atoms with Crippen LogP contribution in [0.5, 0.6) is 0 Å². The van der Waals surface area contributed by atoms with Crippen molar-refractivity contribution >= 4 is 37.6 Å². The fourth-order valence-corrected chi connectivity index (χ4v) is 101. The zero-order chi connectivity index (χ0) is 55.8. The number of hydrogen-bond acceptors (Lipinski definition) is 0. The summed E-state index contributed by atoms with van der Waals surface area (Å²) in [7, 11) is 0. The first-order valence-electron chi connectivity index (χ1n) is 30.7. The molecule has 0 spiro atoms. The van der Waals surface area contributed by atoms with E-state index in [9.17, 15) is 0 Å². The van der Waals surface area contributed by atoms with Gasteiger partial charge in [0.05, 0.1) is 0 Å². The predicted molar refractivity (Wildman–Crippen MR) is 353 cm³/mol. The van der Waals surface area contributed by atoms with E-state index in [2.05, 4.69) is 278 Å². The summed E-state index contributed by atoms with van der Waals surface area (Å²) >= 11 is -9.36. The van der Waals surface area contributed by atoms with E-state index >= 15 is 0 Å². The molecule has 80 heavy (non-hydrogen) atoms. The van der Waals surface area contributed by atoms with Gasteiger partial charge in [0, 0.05) is 0 Å². The molecule has 0 heterocycles. The molecule has 0 aliphatic heterocycles. The Kier molecular flexibility index (Phi) is 13.7. The van der Waals surface area contributed by atoms with E-state index in [1.165, 1.54) is 101 Å². The Labute approximate surface area is 479 Å². The zero-order valence-corrected chi connectivity index (χ0v) is 57.5. The number of hydrogen-bond donors (Lipinski definition) is 0. The summed E-state index contributed by atoms with van der Waals surface area (Å²) in [5.74, 6) is 0. The van der Waals surface area contributed by atoms with Gasteiger partial charge in [0.2, 0.25) is 0 Å². The van der Waals surface area contributed by atoms with Crippen LogP contribution in [0.25, 0.3) is 68.8 Å². The van der Waals surface area contributed by atoms with E-state index in [0.29, 0.717) is 14.5 Å². The van der Waals surface area contributed by atoms with Gasteiger partial charge in [0.1, 0.15) is 0 Å². The Balaban J connectivity index is 0.943. The van der Waals surface area contributed by atoms with Crippen LogP contribution in [0.2, 0.25) is 39.9 Å². The second kappa shape index (κ2) is 19.8. The molecule has 406 valence electrons. The van der Waals surface area contributed by atoms with Gasteiger partial charge >= 0.3 is 484 Å². The predicted octanol–water partition coefficient (Wildman–Crippen LogP) is 21.6. The third-order valence-corrected chi connectivity index (χ3v) is 125. The number of rotatable bonds is 17. The van der Waals surface area contributed by atoms with Gasteiger partial charge in [0.25, 0.3) is 0 Å². The Hall–Kier alpha value is -5.08. The molecule has 8 aromatic rings. The summed E-state index contributed by atoms with van der Waals surface area (Å²) in [5.41, 5.74) is 29.8. The van der Waals surface area contributed by atoms with Gasteiger partial charge in [-0.1, -0.05) is 0 Å². The van der Waals surface area contributed by atoms with Crippen molar-refractivity contribution in [3.8, 4) is 44.5 Å². The van der Waals surface area contributed by atoms with Crippen LogP contribution >= 0.6 is 0 Å². The van der Waals surface area contributed by atoms with E-state index in [-0.39, 0.29) is 0 Å². The van der Waals surface area contributed by atoms with Crippen molar-refractivity contribution in [1.29, 1.82) is 0 Å². The molecule has 0 nitrogen and oxygen atoms in total. The minimum atomic E-state index is -4.68. The third kappa shape index (κ3) is 8.40. The van der Waals surface area contributed by atoms with Crippen molar-refractivity contribution in [3.05, 3.63) is 261 Å². The molecule has 0 bridgehead atoms. The van der Waals surface area contributed by atoms with Crippen LogP contribution < -0.4 is 0 Å². The Bertz CT molecular complexity index is 3410. The second-order valence-electron chi connectivity index (χ2n) is 29.2. The second-order valence-corrected chi connectivity index (χ2v) is 124. The van der Waals surface area contributed by atoms with Crippen molar-refractivity contribution in [2.24, 2.45) is 0 Å². The average molecular weight is 1240 g/mol. The van der Waals surface area contributed by atoms with Gasteiger partial charge in [-0.2, -0.15) is 0 Å². The molecular weight excluding hydrogens is 1150 g/mol. The summed E-state index contributed by atoms with van der Waals surface area (Å²) in [4.78, 5) is 0. The fraction of sp³-hybridized carbons (Fsp3) is 0.263. The number of allylic oxidation sites excluding steroid dienone is 4. The van der Waals surface area contributed by atoms with Gasteiger partial charge in [-0.05, 0) is 0 Å². The molecule has 0 radical (unpaired) electrons. The van der Waals surface area contributed by atoms with E-state index in [1.54, 1.807) is 44.5 Å². The van der Waals surface area contributed by atoms with Gasteiger partial charge in [0.15, 0.2) is 0 Å². The topological polar surface area (TPSA) is 0 Å². The Morgan fingerprint density at radius 1 is 0.287 bits per heavy atom. The number of unbranched alkanes of at least 4 members (excludes halogenated alkanes) is 3. The standard InChI is InChI=1S/4C16H13.C6H12.2CH5Si.4CH3.2Zr/c4*1-12-10-14-8-5-9-15(16(14)11-12)13-6-3-2-4-7-13;1-3-5-6-4-2;2*1-2;;;;;;/h4*2-11H,1H3;1-6H2;2*2H2,1H3;4*1H3;;. The molecule has 0 saturated carbocycles. The van der Waals surface area contributed by atoms with Crippen molar-refractivity contribution < 1.29 is 32.9 Å². The van der Waals surface area contributed by atoms with Gasteiger partial charge in [-0.3, -0.25) is 0 Å². The van der Waals surface area contributed by atoms with Crippen molar-refractivity contribution in [1.82, 2.24) is 0 Å². The molecule has 0 fully saturated rings. The summed E-state index contributed by atoms with van der Waals surface area (Å²) in [6.45, 7) is 14.5. The first-order valence-corrected chi connectivity index (χ1v) is 64.4. The minimum absolute atomic E-state index is 0.481. The maximum absolute atomic E-state index is 4.68. The molecule has 4 aliphatic carbocycles. The molecule has 12 rings (SSSR count). The number of benzene rings is 8. The van der Waals surface area contributed by atoms with Crippen LogP contribution in [0.1, 0.15) is 112 Å². The van der Waals surface area contributed by atoms with Crippen LogP contribution in [0, 0.1) is 0 Å². The van der Waals surface area contributed by atoms with Crippen LogP contribution in [0.15, 0.2) is 216 Å².